The Bertz CT molecular complexity index is 1310. The molecule has 1 aliphatic heterocycles. The Hall–Kier alpha value is -3.35. The molecule has 2 aromatic carbocycles. The molecular weight excluding hydrogens is 460 g/mol. The van der Waals surface area contributed by atoms with E-state index in [0.717, 1.165) is 60.0 Å². The number of nitrogens with zero attached hydrogens (tertiary/aromatic N) is 4. The van der Waals surface area contributed by atoms with Crippen molar-refractivity contribution in [2.75, 3.05) is 27.2 Å². The lowest BCUT2D eigenvalue weighted by molar-refractivity contribution is 0.0827. The number of halogens is 1. The van der Waals surface area contributed by atoms with Crippen LogP contribution in [0, 0.1) is 0 Å². The van der Waals surface area contributed by atoms with Gasteiger partial charge in [-0.15, -0.1) is 0 Å². The summed E-state index contributed by atoms with van der Waals surface area (Å²) in [6.07, 6.45) is 5.96. The van der Waals surface area contributed by atoms with Crippen molar-refractivity contribution in [1.29, 1.82) is 0 Å². The molecule has 2 aromatic heterocycles. The molecule has 1 saturated heterocycles. The highest BCUT2D eigenvalue weighted by atomic mass is 35.5. The molecule has 0 unspecified atom stereocenters. The topological polar surface area (TPSA) is 50.6 Å². The molecule has 4 aromatic rings. The molecule has 0 N–H and O–H groups in total. The number of ether oxygens (including phenoxy) is 1. The van der Waals surface area contributed by atoms with Crippen LogP contribution >= 0.6 is 11.6 Å². The average Bonchev–Trinajstić information content (AvgIpc) is 3.30. The molecule has 1 aliphatic rings. The van der Waals surface area contributed by atoms with E-state index in [2.05, 4.69) is 22.0 Å². The van der Waals surface area contributed by atoms with Crippen molar-refractivity contribution < 1.29 is 9.53 Å². The second-order valence-corrected chi connectivity index (χ2v) is 9.67. The molecular formula is C28H29ClN4O2. The van der Waals surface area contributed by atoms with E-state index in [0.29, 0.717) is 5.56 Å². The smallest absolute Gasteiger partial charge is 0.253 e. The van der Waals surface area contributed by atoms with Gasteiger partial charge in [0.2, 0.25) is 0 Å². The maximum absolute atomic E-state index is 12.3. The fourth-order valence-electron chi connectivity index (χ4n) is 4.54. The van der Waals surface area contributed by atoms with Crippen LogP contribution in [0.25, 0.3) is 16.7 Å². The summed E-state index contributed by atoms with van der Waals surface area (Å²) < 4.78 is 8.26. The number of aromatic nitrogens is 2. The maximum Gasteiger partial charge on any atom is 0.253 e. The molecule has 0 bridgehead atoms. The third kappa shape index (κ3) is 5.34. The summed E-state index contributed by atoms with van der Waals surface area (Å²) >= 11 is 5.99. The lowest BCUT2D eigenvalue weighted by atomic mass is 10.1. The fraction of sp³-hybridized carbons (Fsp3) is 0.286. The molecule has 0 saturated carbocycles. The summed E-state index contributed by atoms with van der Waals surface area (Å²) in [7, 11) is 3.52. The van der Waals surface area contributed by atoms with Crippen LogP contribution in [0.15, 0.2) is 73.1 Å². The number of hydrogen-bond acceptors (Lipinski definition) is 4. The van der Waals surface area contributed by atoms with Gasteiger partial charge in [-0.3, -0.25) is 9.69 Å². The Morgan fingerprint density at radius 2 is 1.83 bits per heavy atom. The van der Waals surface area contributed by atoms with Crippen molar-refractivity contribution in [3.8, 4) is 11.6 Å². The van der Waals surface area contributed by atoms with Gasteiger partial charge in [-0.25, -0.2) is 4.98 Å². The van der Waals surface area contributed by atoms with E-state index >= 15 is 0 Å². The summed E-state index contributed by atoms with van der Waals surface area (Å²) in [6.45, 7) is 2.95. The van der Waals surface area contributed by atoms with Gasteiger partial charge in [-0.2, -0.15) is 0 Å². The Labute approximate surface area is 210 Å². The molecule has 1 amide bonds. The van der Waals surface area contributed by atoms with Crippen molar-refractivity contribution in [2.24, 2.45) is 0 Å². The zero-order valence-electron chi connectivity index (χ0n) is 20.0. The van der Waals surface area contributed by atoms with E-state index in [1.54, 1.807) is 25.2 Å². The predicted molar refractivity (Wildman–Crippen MR) is 139 cm³/mol. The van der Waals surface area contributed by atoms with Crippen molar-refractivity contribution in [3.63, 3.8) is 0 Å². The minimum atomic E-state index is -0.00455. The highest BCUT2D eigenvalue weighted by molar-refractivity contribution is 6.30. The molecule has 0 aliphatic carbocycles. The number of benzene rings is 2. The maximum atomic E-state index is 12.3. The number of fused-ring (bicyclic) bond motifs is 1. The van der Waals surface area contributed by atoms with Crippen LogP contribution in [0.3, 0.4) is 0 Å². The zero-order chi connectivity index (χ0) is 24.4. The van der Waals surface area contributed by atoms with Gasteiger partial charge >= 0.3 is 0 Å². The van der Waals surface area contributed by atoms with E-state index in [4.69, 9.17) is 16.3 Å². The number of likely N-dealkylation sites (tertiary alicyclic amines) is 1. The molecule has 7 heteroatoms. The first-order chi connectivity index (χ1) is 17.0. The number of rotatable bonds is 6. The van der Waals surface area contributed by atoms with Crippen LogP contribution in [0.4, 0.5) is 0 Å². The molecule has 0 radical (unpaired) electrons. The van der Waals surface area contributed by atoms with E-state index in [9.17, 15) is 4.79 Å². The summed E-state index contributed by atoms with van der Waals surface area (Å²) in [4.78, 5) is 20.9. The van der Waals surface area contributed by atoms with Crippen molar-refractivity contribution >= 4 is 28.4 Å². The van der Waals surface area contributed by atoms with E-state index in [-0.39, 0.29) is 12.0 Å². The molecule has 1 fully saturated rings. The van der Waals surface area contributed by atoms with Crippen molar-refractivity contribution in [1.82, 2.24) is 19.4 Å². The Morgan fingerprint density at radius 1 is 1.06 bits per heavy atom. The van der Waals surface area contributed by atoms with Crippen LogP contribution in [0.2, 0.25) is 5.02 Å². The highest BCUT2D eigenvalue weighted by Crippen LogP contribution is 2.24. The van der Waals surface area contributed by atoms with E-state index in [1.165, 1.54) is 5.56 Å². The molecule has 6 nitrogen and oxygen atoms in total. The average molecular weight is 489 g/mol. The zero-order valence-corrected chi connectivity index (χ0v) is 20.8. The molecule has 35 heavy (non-hydrogen) atoms. The highest BCUT2D eigenvalue weighted by Gasteiger charge is 2.21. The largest absolute Gasteiger partial charge is 0.489 e. The van der Waals surface area contributed by atoms with Crippen LogP contribution < -0.4 is 4.74 Å². The van der Waals surface area contributed by atoms with E-state index in [1.807, 2.05) is 59.3 Å². The lowest BCUT2D eigenvalue weighted by Gasteiger charge is -2.32. The first kappa shape index (κ1) is 23.4. The van der Waals surface area contributed by atoms with Gasteiger partial charge in [0.05, 0.1) is 11.7 Å². The third-order valence-corrected chi connectivity index (χ3v) is 6.72. The Balaban J connectivity index is 1.19. The SMILES string of the molecule is CN(C)C(=O)c1ccc2c(ccn2-c2ccc(OC3CCN(Cc4ccc(Cl)cc4)CC3)cn2)c1. The molecule has 3 heterocycles. The normalized spacial score (nSPS) is 14.8. The van der Waals surface area contributed by atoms with Crippen molar-refractivity contribution in [2.45, 2.75) is 25.5 Å². The summed E-state index contributed by atoms with van der Waals surface area (Å²) in [6, 6.07) is 19.8. The number of carbonyl (C=O) groups excluding carboxylic acids is 1. The monoisotopic (exact) mass is 488 g/mol. The van der Waals surface area contributed by atoms with Crippen LogP contribution in [0.5, 0.6) is 5.75 Å². The first-order valence-corrected chi connectivity index (χ1v) is 12.3. The Kier molecular flexibility index (Phi) is 6.75. The standard InChI is InChI=1S/C28H29ClN4O2/c1-31(2)28(34)22-5-9-26-21(17-22)11-16-33(26)27-10-8-25(18-30-27)35-24-12-14-32(15-13-24)19-20-3-6-23(29)7-4-20/h3-11,16-18,24H,12-15,19H2,1-2H3. The van der Waals surface area contributed by atoms with Crippen LogP contribution in [0.1, 0.15) is 28.8 Å². The third-order valence-electron chi connectivity index (χ3n) is 6.47. The Morgan fingerprint density at radius 3 is 2.51 bits per heavy atom. The fourth-order valence-corrected chi connectivity index (χ4v) is 4.67. The first-order valence-electron chi connectivity index (χ1n) is 11.9. The number of pyridine rings is 1. The van der Waals surface area contributed by atoms with Gasteiger partial charge in [-0.05, 0) is 66.9 Å². The molecule has 5 rings (SSSR count). The number of amides is 1. The van der Waals surface area contributed by atoms with Gasteiger partial charge < -0.3 is 14.2 Å². The van der Waals surface area contributed by atoms with Gasteiger partial charge in [0, 0.05) is 55.9 Å². The minimum Gasteiger partial charge on any atom is -0.489 e. The second kappa shape index (κ2) is 10.1. The van der Waals surface area contributed by atoms with Gasteiger partial charge in [0.1, 0.15) is 17.7 Å². The van der Waals surface area contributed by atoms with E-state index < -0.39 is 0 Å². The predicted octanol–water partition coefficient (Wildman–Crippen LogP) is 5.42. The lowest BCUT2D eigenvalue weighted by Crippen LogP contribution is -2.37. The number of hydrogen-bond donors (Lipinski definition) is 0. The van der Waals surface area contributed by atoms with Crippen molar-refractivity contribution in [3.05, 3.63) is 89.2 Å². The summed E-state index contributed by atoms with van der Waals surface area (Å²) in [5, 5.41) is 1.78. The van der Waals surface area contributed by atoms with Crippen LogP contribution in [-0.2, 0) is 6.54 Å². The van der Waals surface area contributed by atoms with Gasteiger partial charge in [-0.1, -0.05) is 23.7 Å². The van der Waals surface area contributed by atoms with Gasteiger partial charge in [0.15, 0.2) is 0 Å². The minimum absolute atomic E-state index is 0.00455. The number of carbonyl (C=O) groups is 1. The molecule has 180 valence electrons. The summed E-state index contributed by atoms with van der Waals surface area (Å²) in [5.41, 5.74) is 2.97. The molecule has 0 spiro atoms. The quantitative estimate of drug-likeness (QED) is 0.363. The number of piperidine rings is 1. The van der Waals surface area contributed by atoms with Gasteiger partial charge in [0.25, 0.3) is 5.91 Å². The molecule has 0 atom stereocenters. The van der Waals surface area contributed by atoms with Crippen LogP contribution in [-0.4, -0.2) is 58.5 Å². The second-order valence-electron chi connectivity index (χ2n) is 9.23. The summed E-state index contributed by atoms with van der Waals surface area (Å²) in [5.74, 6) is 1.60.